The molecule has 2 N–H and O–H groups in total. The summed E-state index contributed by atoms with van der Waals surface area (Å²) in [6, 6.07) is 11.7. The van der Waals surface area contributed by atoms with E-state index >= 15 is 0 Å². The van der Waals surface area contributed by atoms with Crippen molar-refractivity contribution in [2.75, 3.05) is 6.54 Å². The number of hydrogen-bond donors (Lipinski definition) is 2. The number of carbonyl (C=O) groups excluding carboxylic acids is 1. The molecule has 0 aliphatic carbocycles. The molecule has 4 heteroatoms. The molecule has 0 saturated heterocycles. The summed E-state index contributed by atoms with van der Waals surface area (Å²) in [4.78, 5) is 12.1. The third kappa shape index (κ3) is 4.46. The van der Waals surface area contributed by atoms with Gasteiger partial charge in [-0.3, -0.25) is 4.79 Å². The highest BCUT2D eigenvalue weighted by atomic mass is 16.3. The molecule has 0 bridgehead atoms. The summed E-state index contributed by atoms with van der Waals surface area (Å²) in [6.45, 7) is 5.52. The molecular formula is C18H23NO3. The van der Waals surface area contributed by atoms with Crippen LogP contribution < -0.4 is 5.32 Å². The number of furan rings is 1. The minimum Gasteiger partial charge on any atom is -0.466 e. The highest BCUT2D eigenvalue weighted by Crippen LogP contribution is 2.16. The van der Waals surface area contributed by atoms with Crippen molar-refractivity contribution in [3.05, 3.63) is 59.0 Å². The van der Waals surface area contributed by atoms with E-state index in [1.54, 1.807) is 26.8 Å². The second-order valence-electron chi connectivity index (χ2n) is 5.99. The Morgan fingerprint density at radius 1 is 1.27 bits per heavy atom. The lowest BCUT2D eigenvalue weighted by molar-refractivity contribution is 0.0478. The zero-order chi connectivity index (χ0) is 16.2. The third-order valence-electron chi connectivity index (χ3n) is 3.71. The molecule has 0 saturated carbocycles. The first-order valence-corrected chi connectivity index (χ1v) is 7.49. The zero-order valence-electron chi connectivity index (χ0n) is 13.3. The summed E-state index contributed by atoms with van der Waals surface area (Å²) >= 11 is 0. The average Bonchev–Trinajstić information content (AvgIpc) is 2.83. The first-order chi connectivity index (χ1) is 10.4. The van der Waals surface area contributed by atoms with E-state index in [0.717, 1.165) is 6.42 Å². The van der Waals surface area contributed by atoms with Gasteiger partial charge in [-0.15, -0.1) is 0 Å². The van der Waals surface area contributed by atoms with Crippen LogP contribution in [0.1, 0.15) is 40.8 Å². The van der Waals surface area contributed by atoms with Crippen LogP contribution in [0, 0.1) is 13.8 Å². The number of carbonyl (C=O) groups is 1. The minimum absolute atomic E-state index is 0.211. The Labute approximate surface area is 131 Å². The highest BCUT2D eigenvalue weighted by Gasteiger charge is 2.22. The van der Waals surface area contributed by atoms with Crippen LogP contribution in [0.4, 0.5) is 0 Å². The maximum absolute atomic E-state index is 12.1. The molecule has 2 rings (SSSR count). The molecule has 0 aliphatic rings. The number of rotatable bonds is 6. The van der Waals surface area contributed by atoms with Crippen LogP contribution in [-0.2, 0) is 6.42 Å². The molecule has 4 nitrogen and oxygen atoms in total. The Morgan fingerprint density at radius 3 is 2.55 bits per heavy atom. The summed E-state index contributed by atoms with van der Waals surface area (Å²) in [6.07, 6.45) is 1.36. The summed E-state index contributed by atoms with van der Waals surface area (Å²) < 4.78 is 5.35. The van der Waals surface area contributed by atoms with Crippen LogP contribution in [0.15, 0.2) is 40.8 Å². The molecular weight excluding hydrogens is 278 g/mol. The predicted octanol–water partition coefficient (Wildman–Crippen LogP) is 3.01. The molecule has 0 spiro atoms. The Kier molecular flexibility index (Phi) is 5.03. The van der Waals surface area contributed by atoms with Gasteiger partial charge in [0.2, 0.25) is 0 Å². The molecule has 1 heterocycles. The molecule has 0 fully saturated rings. The van der Waals surface area contributed by atoms with Gasteiger partial charge in [0.1, 0.15) is 11.5 Å². The zero-order valence-corrected chi connectivity index (χ0v) is 13.3. The molecule has 1 aromatic heterocycles. The van der Waals surface area contributed by atoms with Gasteiger partial charge in [0.05, 0.1) is 11.2 Å². The van der Waals surface area contributed by atoms with Gasteiger partial charge in [0.15, 0.2) is 0 Å². The first kappa shape index (κ1) is 16.3. The average molecular weight is 301 g/mol. The number of amides is 1. The number of nitrogens with one attached hydrogen (secondary N) is 1. The SMILES string of the molecule is Cc1cc(C(=O)NCC(C)(O)CCc2ccccc2)c(C)o1. The van der Waals surface area contributed by atoms with Crippen LogP contribution in [0.25, 0.3) is 0 Å². The standard InChI is InChI=1S/C18H23NO3/c1-13-11-16(14(2)22-13)17(20)19-12-18(3,21)10-9-15-7-5-4-6-8-15/h4-8,11,21H,9-10,12H2,1-3H3,(H,19,20). The van der Waals surface area contributed by atoms with Gasteiger partial charge in [-0.05, 0) is 45.2 Å². The Bertz CT molecular complexity index is 629. The van der Waals surface area contributed by atoms with Gasteiger partial charge in [-0.2, -0.15) is 0 Å². The Hall–Kier alpha value is -2.07. The highest BCUT2D eigenvalue weighted by molar-refractivity contribution is 5.95. The fraction of sp³-hybridized carbons (Fsp3) is 0.389. The van der Waals surface area contributed by atoms with E-state index in [0.29, 0.717) is 23.5 Å². The summed E-state index contributed by atoms with van der Waals surface area (Å²) in [5.41, 5.74) is 0.754. The fourth-order valence-corrected chi connectivity index (χ4v) is 2.37. The molecule has 118 valence electrons. The van der Waals surface area contributed by atoms with Crippen LogP contribution >= 0.6 is 0 Å². The second kappa shape index (κ2) is 6.79. The van der Waals surface area contributed by atoms with E-state index in [4.69, 9.17) is 4.42 Å². The largest absolute Gasteiger partial charge is 0.466 e. The molecule has 1 amide bonds. The second-order valence-corrected chi connectivity index (χ2v) is 5.99. The van der Waals surface area contributed by atoms with Crippen molar-refractivity contribution in [1.29, 1.82) is 0 Å². The lowest BCUT2D eigenvalue weighted by atomic mass is 9.96. The number of benzene rings is 1. The molecule has 1 atom stereocenters. The van der Waals surface area contributed by atoms with Crippen molar-refractivity contribution in [2.24, 2.45) is 0 Å². The van der Waals surface area contributed by atoms with Crippen molar-refractivity contribution in [3.63, 3.8) is 0 Å². The maximum atomic E-state index is 12.1. The molecule has 2 aromatic rings. The van der Waals surface area contributed by atoms with Gasteiger partial charge in [0, 0.05) is 6.54 Å². The van der Waals surface area contributed by atoms with Crippen LogP contribution in [-0.4, -0.2) is 23.2 Å². The van der Waals surface area contributed by atoms with E-state index in [2.05, 4.69) is 5.32 Å². The van der Waals surface area contributed by atoms with E-state index < -0.39 is 5.60 Å². The van der Waals surface area contributed by atoms with Crippen molar-refractivity contribution >= 4 is 5.91 Å². The number of aryl methyl sites for hydroxylation is 3. The van der Waals surface area contributed by atoms with Gasteiger partial charge in [0.25, 0.3) is 5.91 Å². The fourth-order valence-electron chi connectivity index (χ4n) is 2.37. The smallest absolute Gasteiger partial charge is 0.254 e. The maximum Gasteiger partial charge on any atom is 0.254 e. The molecule has 1 unspecified atom stereocenters. The number of hydrogen-bond acceptors (Lipinski definition) is 3. The lowest BCUT2D eigenvalue weighted by Gasteiger charge is -2.23. The normalized spacial score (nSPS) is 13.6. The van der Waals surface area contributed by atoms with E-state index in [1.165, 1.54) is 5.56 Å². The molecule has 1 aromatic carbocycles. The molecule has 0 aliphatic heterocycles. The van der Waals surface area contributed by atoms with Crippen LogP contribution in [0.5, 0.6) is 0 Å². The van der Waals surface area contributed by atoms with Gasteiger partial charge in [-0.25, -0.2) is 0 Å². The molecule has 0 radical (unpaired) electrons. The van der Waals surface area contributed by atoms with E-state index in [1.807, 2.05) is 30.3 Å². The quantitative estimate of drug-likeness (QED) is 0.862. The van der Waals surface area contributed by atoms with E-state index in [9.17, 15) is 9.90 Å². The third-order valence-corrected chi connectivity index (χ3v) is 3.71. The van der Waals surface area contributed by atoms with E-state index in [-0.39, 0.29) is 12.5 Å². The summed E-state index contributed by atoms with van der Waals surface area (Å²) in [5.74, 6) is 1.09. The Balaban J connectivity index is 1.86. The first-order valence-electron chi connectivity index (χ1n) is 7.49. The summed E-state index contributed by atoms with van der Waals surface area (Å²) in [5, 5.41) is 13.2. The van der Waals surface area contributed by atoms with Gasteiger partial charge in [-0.1, -0.05) is 30.3 Å². The predicted molar refractivity (Wildman–Crippen MR) is 85.9 cm³/mol. The lowest BCUT2D eigenvalue weighted by Crippen LogP contribution is -2.41. The summed E-state index contributed by atoms with van der Waals surface area (Å²) in [7, 11) is 0. The minimum atomic E-state index is -0.946. The van der Waals surface area contributed by atoms with Gasteiger partial charge >= 0.3 is 0 Å². The van der Waals surface area contributed by atoms with Gasteiger partial charge < -0.3 is 14.8 Å². The number of aliphatic hydroxyl groups is 1. The van der Waals surface area contributed by atoms with Crippen molar-refractivity contribution < 1.29 is 14.3 Å². The van der Waals surface area contributed by atoms with Crippen LogP contribution in [0.2, 0.25) is 0 Å². The molecule has 22 heavy (non-hydrogen) atoms. The van der Waals surface area contributed by atoms with Crippen molar-refractivity contribution in [3.8, 4) is 0 Å². The van der Waals surface area contributed by atoms with Crippen molar-refractivity contribution in [2.45, 2.75) is 39.2 Å². The monoisotopic (exact) mass is 301 g/mol. The topological polar surface area (TPSA) is 62.5 Å². The van der Waals surface area contributed by atoms with Crippen LogP contribution in [0.3, 0.4) is 0 Å². The van der Waals surface area contributed by atoms with Crippen molar-refractivity contribution in [1.82, 2.24) is 5.32 Å². The Morgan fingerprint density at radius 2 is 1.95 bits per heavy atom.